The lowest BCUT2D eigenvalue weighted by Crippen LogP contribution is -2.62. The topological polar surface area (TPSA) is 32.3 Å². The smallest absolute Gasteiger partial charge is 0.347 e. The number of nitrogens with one attached hydrogen (secondary N) is 1. The summed E-state index contributed by atoms with van der Waals surface area (Å²) in [6, 6.07) is 9.31. The fourth-order valence-electron chi connectivity index (χ4n) is 4.12. The quantitative estimate of drug-likeness (QED) is 0.736. The number of nitrogens with zero attached hydrogens (tertiary/aromatic N) is 1. The molecule has 3 fully saturated rings. The van der Waals surface area contributed by atoms with E-state index in [1.165, 1.54) is 29.2 Å². The van der Waals surface area contributed by atoms with Crippen molar-refractivity contribution in [1.29, 1.82) is 0 Å². The van der Waals surface area contributed by atoms with Gasteiger partial charge in [0.05, 0.1) is 14.6 Å². The number of rotatable bonds is 4. The number of thiophene rings is 1. The van der Waals surface area contributed by atoms with Gasteiger partial charge in [-0.25, -0.2) is 0 Å². The summed E-state index contributed by atoms with van der Waals surface area (Å²) >= 11 is 2.56. The Hall–Kier alpha value is -1.51. The lowest BCUT2D eigenvalue weighted by Gasteiger charge is -2.49. The number of piperidine rings is 3. The fourth-order valence-corrected chi connectivity index (χ4v) is 6.18. The summed E-state index contributed by atoms with van der Waals surface area (Å²) in [6.45, 7) is 4.38. The molecule has 150 valence electrons. The first-order valence-electron chi connectivity index (χ1n) is 9.31. The predicted molar refractivity (Wildman–Crippen MR) is 105 cm³/mol. The molecule has 3 aliphatic heterocycles. The van der Waals surface area contributed by atoms with E-state index in [9.17, 15) is 18.0 Å². The van der Waals surface area contributed by atoms with Crippen LogP contribution in [0.3, 0.4) is 0 Å². The van der Waals surface area contributed by atoms with Gasteiger partial charge in [0, 0.05) is 17.0 Å². The Kier molecular flexibility index (Phi) is 5.46. The molecule has 2 bridgehead atoms. The van der Waals surface area contributed by atoms with Gasteiger partial charge >= 0.3 is 6.18 Å². The largest absolute Gasteiger partial charge is 0.416 e. The number of benzene rings is 1. The van der Waals surface area contributed by atoms with Crippen molar-refractivity contribution in [2.24, 2.45) is 5.92 Å². The van der Waals surface area contributed by atoms with Crippen LogP contribution in [0.5, 0.6) is 0 Å². The molecule has 0 radical (unpaired) electrons. The molecule has 3 saturated heterocycles. The molecule has 1 aromatic heterocycles. The molecule has 3 aliphatic rings. The highest BCUT2D eigenvalue weighted by atomic mass is 32.2. The molecule has 2 aromatic rings. The maximum Gasteiger partial charge on any atom is 0.416 e. The van der Waals surface area contributed by atoms with Crippen molar-refractivity contribution in [2.45, 2.75) is 47.1 Å². The van der Waals surface area contributed by atoms with Gasteiger partial charge in [0.2, 0.25) is 0 Å². The van der Waals surface area contributed by atoms with E-state index in [0.717, 1.165) is 42.3 Å². The molecule has 2 atom stereocenters. The van der Waals surface area contributed by atoms with Crippen LogP contribution in [0.15, 0.2) is 45.5 Å². The van der Waals surface area contributed by atoms with Crippen LogP contribution in [-0.2, 0) is 6.18 Å². The lowest BCUT2D eigenvalue weighted by molar-refractivity contribution is -0.137. The number of halogens is 3. The molecule has 0 aliphatic carbocycles. The average Bonchev–Trinajstić information content (AvgIpc) is 3.13. The molecule has 28 heavy (non-hydrogen) atoms. The summed E-state index contributed by atoms with van der Waals surface area (Å²) in [5, 5.41) is 3.19. The molecule has 4 heterocycles. The van der Waals surface area contributed by atoms with Gasteiger partial charge in [0.15, 0.2) is 0 Å². The minimum atomic E-state index is -4.36. The van der Waals surface area contributed by atoms with Crippen molar-refractivity contribution in [3.63, 3.8) is 0 Å². The van der Waals surface area contributed by atoms with E-state index in [2.05, 4.69) is 17.1 Å². The number of hydrogen-bond acceptors (Lipinski definition) is 4. The molecule has 1 aromatic carbocycles. The zero-order valence-electron chi connectivity index (χ0n) is 15.3. The third-order valence-corrected chi connectivity index (χ3v) is 7.87. The van der Waals surface area contributed by atoms with Crippen molar-refractivity contribution in [3.8, 4) is 0 Å². The third kappa shape index (κ3) is 4.09. The average molecular weight is 427 g/mol. The Morgan fingerprint density at radius 3 is 2.64 bits per heavy atom. The first-order chi connectivity index (χ1) is 13.3. The molecule has 0 saturated carbocycles. The van der Waals surface area contributed by atoms with E-state index in [-0.39, 0.29) is 11.9 Å². The normalized spacial score (nSPS) is 27.0. The van der Waals surface area contributed by atoms with Crippen LogP contribution in [0.1, 0.15) is 35.0 Å². The van der Waals surface area contributed by atoms with Crippen LogP contribution in [0.25, 0.3) is 0 Å². The maximum absolute atomic E-state index is 12.9. The molecule has 3 nitrogen and oxygen atoms in total. The van der Waals surface area contributed by atoms with Gasteiger partial charge in [-0.05, 0) is 69.1 Å². The predicted octanol–water partition coefficient (Wildman–Crippen LogP) is 5.13. The molecule has 8 heteroatoms. The van der Waals surface area contributed by atoms with E-state index in [1.54, 1.807) is 18.2 Å². The van der Waals surface area contributed by atoms with Crippen molar-refractivity contribution in [2.75, 3.05) is 13.1 Å². The van der Waals surface area contributed by atoms with Crippen molar-refractivity contribution in [1.82, 2.24) is 10.2 Å². The summed E-state index contributed by atoms with van der Waals surface area (Å²) in [4.78, 5) is 16.2. The Morgan fingerprint density at radius 1 is 1.21 bits per heavy atom. The van der Waals surface area contributed by atoms with Gasteiger partial charge in [-0.3, -0.25) is 9.69 Å². The van der Waals surface area contributed by atoms with Crippen molar-refractivity contribution in [3.05, 3.63) is 46.8 Å². The van der Waals surface area contributed by atoms with Crippen LogP contribution < -0.4 is 5.32 Å². The fraction of sp³-hybridized carbons (Fsp3) is 0.450. The van der Waals surface area contributed by atoms with E-state index < -0.39 is 11.7 Å². The zero-order chi connectivity index (χ0) is 19.9. The summed E-state index contributed by atoms with van der Waals surface area (Å²) in [5.74, 6) is 0.439. The number of hydrogen-bond donors (Lipinski definition) is 1. The highest BCUT2D eigenvalue weighted by molar-refractivity contribution is 8.01. The van der Waals surface area contributed by atoms with Crippen LogP contribution >= 0.6 is 23.1 Å². The van der Waals surface area contributed by atoms with Crippen LogP contribution in [0.4, 0.5) is 13.2 Å². The molecule has 0 spiro atoms. The zero-order valence-corrected chi connectivity index (χ0v) is 17.0. The molecule has 1 N–H and O–H groups in total. The van der Waals surface area contributed by atoms with Crippen molar-refractivity contribution >= 4 is 29.0 Å². The summed E-state index contributed by atoms with van der Waals surface area (Å²) in [6.07, 6.45) is -2.12. The third-order valence-electron chi connectivity index (χ3n) is 5.66. The Labute approximate surface area is 170 Å². The molecule has 1 amide bonds. The number of amides is 1. The van der Waals surface area contributed by atoms with Gasteiger partial charge in [-0.1, -0.05) is 17.8 Å². The summed E-state index contributed by atoms with van der Waals surface area (Å²) in [7, 11) is 0. The lowest BCUT2D eigenvalue weighted by atomic mass is 9.79. The van der Waals surface area contributed by atoms with Gasteiger partial charge in [0.25, 0.3) is 5.91 Å². The molecular formula is C20H21F3N2OS2. The maximum atomic E-state index is 12.9. The van der Waals surface area contributed by atoms with Gasteiger partial charge in [-0.2, -0.15) is 13.2 Å². The number of alkyl halides is 3. The van der Waals surface area contributed by atoms with Crippen LogP contribution in [-0.4, -0.2) is 36.0 Å². The Morgan fingerprint density at radius 2 is 1.96 bits per heavy atom. The second-order valence-corrected chi connectivity index (χ2v) is 9.82. The highest BCUT2D eigenvalue weighted by Crippen LogP contribution is 2.37. The minimum absolute atomic E-state index is 0.0912. The first kappa shape index (κ1) is 19.8. The van der Waals surface area contributed by atoms with E-state index in [4.69, 9.17) is 0 Å². The first-order valence-corrected chi connectivity index (χ1v) is 10.9. The highest BCUT2D eigenvalue weighted by Gasteiger charge is 2.40. The van der Waals surface area contributed by atoms with Gasteiger partial charge in [-0.15, -0.1) is 11.3 Å². The Bertz CT molecular complexity index is 857. The molecule has 5 rings (SSSR count). The molecule has 0 unspecified atom stereocenters. The second-order valence-electron chi connectivity index (χ2n) is 7.36. The van der Waals surface area contributed by atoms with Gasteiger partial charge in [0.1, 0.15) is 0 Å². The van der Waals surface area contributed by atoms with E-state index in [1.807, 2.05) is 0 Å². The van der Waals surface area contributed by atoms with E-state index >= 15 is 0 Å². The summed E-state index contributed by atoms with van der Waals surface area (Å²) in [5.41, 5.74) is -0.664. The SMILES string of the molecule is C[C@H]1[C@H](NC(=O)c2ccc(Sc3cccc(C(F)(F)F)c3)s2)C2CCN1CC2. The second kappa shape index (κ2) is 7.72. The Balaban J connectivity index is 1.42. The van der Waals surface area contributed by atoms with Crippen LogP contribution in [0, 0.1) is 5.92 Å². The number of carbonyl (C=O) groups excluding carboxylic acids is 1. The summed E-state index contributed by atoms with van der Waals surface area (Å²) < 4.78 is 39.4. The van der Waals surface area contributed by atoms with Crippen LogP contribution in [0.2, 0.25) is 0 Å². The van der Waals surface area contributed by atoms with Crippen molar-refractivity contribution < 1.29 is 18.0 Å². The van der Waals surface area contributed by atoms with Gasteiger partial charge < -0.3 is 5.32 Å². The molecular weight excluding hydrogens is 405 g/mol. The minimum Gasteiger partial charge on any atom is -0.347 e. The number of fused-ring (bicyclic) bond motifs is 3. The van der Waals surface area contributed by atoms with E-state index in [0.29, 0.717) is 21.7 Å². The number of carbonyl (C=O) groups is 1. The monoisotopic (exact) mass is 426 g/mol. The standard InChI is InChI=1S/C20H21F3N2OS2/c1-12-18(13-7-9-25(12)10-8-13)24-19(26)16-5-6-17(28-16)27-15-4-2-3-14(11-15)20(21,22)23/h2-6,11-13,18H,7-10H2,1H3,(H,24,26)/t12-,18-/m0/s1.